The average Bonchev–Trinajstić information content (AvgIpc) is 2.24. The number of nitrogens with zero attached hydrogens (tertiary/aromatic N) is 1. The molecule has 8 nitrogen and oxygen atoms in total. The van der Waals surface area contributed by atoms with Crippen LogP contribution < -0.4 is 10.5 Å². The summed E-state index contributed by atoms with van der Waals surface area (Å²) in [6.07, 6.45) is 0.786. The Morgan fingerprint density at radius 1 is 1.40 bits per heavy atom. The summed E-state index contributed by atoms with van der Waals surface area (Å²) in [5, 5.41) is 10.5. The minimum absolute atomic E-state index is 0.0639. The van der Waals surface area contributed by atoms with E-state index in [2.05, 4.69) is 5.16 Å². The molecule has 0 fully saturated rings. The Hall–Kier alpha value is -1.52. The van der Waals surface area contributed by atoms with Crippen molar-refractivity contribution in [2.24, 2.45) is 10.9 Å². The Kier molecular flexibility index (Phi) is 4.84. The van der Waals surface area contributed by atoms with E-state index in [0.717, 1.165) is 6.26 Å². The summed E-state index contributed by atoms with van der Waals surface area (Å²) in [7, 11) is -7.91. The van der Waals surface area contributed by atoms with E-state index in [0.29, 0.717) is 0 Å². The summed E-state index contributed by atoms with van der Waals surface area (Å²) in [6.45, 7) is 0. The summed E-state index contributed by atoms with van der Waals surface area (Å²) < 4.78 is 47.6. The maximum absolute atomic E-state index is 11.7. The van der Waals surface area contributed by atoms with Gasteiger partial charge in [-0.1, -0.05) is 16.8 Å². The fourth-order valence-electron chi connectivity index (χ4n) is 1.36. The summed E-state index contributed by atoms with van der Waals surface area (Å²) in [5.41, 5.74) is 5.37. The molecular weight excluding hydrogens is 330 g/mol. The van der Waals surface area contributed by atoms with Crippen molar-refractivity contribution >= 4 is 43.0 Å². The molecule has 0 aliphatic carbocycles. The fraction of sp³-hybridized carbons (Fsp3) is 0.222. The van der Waals surface area contributed by atoms with E-state index < -0.39 is 24.9 Å². The normalized spacial score (nSPS) is 13.2. The van der Waals surface area contributed by atoms with Gasteiger partial charge in [0.15, 0.2) is 20.8 Å². The van der Waals surface area contributed by atoms with Crippen molar-refractivity contribution in [3.63, 3.8) is 0 Å². The molecule has 0 atom stereocenters. The Morgan fingerprint density at radius 3 is 2.50 bits per heavy atom. The van der Waals surface area contributed by atoms with Gasteiger partial charge in [0.05, 0.1) is 5.69 Å². The van der Waals surface area contributed by atoms with Crippen LogP contribution in [-0.4, -0.2) is 39.2 Å². The van der Waals surface area contributed by atoms with Crippen LogP contribution in [0.3, 0.4) is 0 Å². The Labute approximate surface area is 121 Å². The highest BCUT2D eigenvalue weighted by Gasteiger charge is 2.20. The Bertz CT molecular complexity index is 743. The van der Waals surface area contributed by atoms with Gasteiger partial charge in [0.25, 0.3) is 0 Å². The highest BCUT2D eigenvalue weighted by atomic mass is 35.5. The van der Waals surface area contributed by atoms with Crippen LogP contribution in [0.2, 0.25) is 5.02 Å². The fourth-order valence-corrected chi connectivity index (χ4v) is 4.52. The van der Waals surface area contributed by atoms with Gasteiger partial charge in [-0.05, 0) is 18.2 Å². The number of anilines is 1. The van der Waals surface area contributed by atoms with E-state index in [1.807, 2.05) is 4.72 Å². The van der Waals surface area contributed by atoms with Crippen LogP contribution >= 0.6 is 11.6 Å². The van der Waals surface area contributed by atoms with Crippen molar-refractivity contribution in [2.75, 3.05) is 16.1 Å². The molecule has 20 heavy (non-hydrogen) atoms. The van der Waals surface area contributed by atoms with Gasteiger partial charge < -0.3 is 10.9 Å². The van der Waals surface area contributed by atoms with Crippen LogP contribution in [0.25, 0.3) is 0 Å². The van der Waals surface area contributed by atoms with Gasteiger partial charge in [-0.3, -0.25) is 4.72 Å². The standard InChI is InChI=1S/C9H12ClN3O5S2/c1-19(15,16)5-20(17,18)13-8-4-6(10)2-3-7(8)9(11)12-14/h2-4,13-14H,5H2,1H3,(H2,11,12). The van der Waals surface area contributed by atoms with Crippen LogP contribution in [0.1, 0.15) is 5.56 Å². The van der Waals surface area contributed by atoms with E-state index in [9.17, 15) is 16.8 Å². The van der Waals surface area contributed by atoms with Crippen LogP contribution in [-0.2, 0) is 19.9 Å². The van der Waals surface area contributed by atoms with E-state index >= 15 is 0 Å². The lowest BCUT2D eigenvalue weighted by Gasteiger charge is -2.11. The quantitative estimate of drug-likeness (QED) is 0.302. The molecule has 0 aliphatic heterocycles. The van der Waals surface area contributed by atoms with Crippen molar-refractivity contribution < 1.29 is 22.0 Å². The van der Waals surface area contributed by atoms with Crippen LogP contribution in [0.5, 0.6) is 0 Å². The predicted molar refractivity (Wildman–Crippen MR) is 76.2 cm³/mol. The zero-order valence-corrected chi connectivity index (χ0v) is 12.6. The number of hydrogen-bond donors (Lipinski definition) is 3. The Balaban J connectivity index is 3.24. The van der Waals surface area contributed by atoms with Gasteiger partial charge in [0.1, 0.15) is 0 Å². The zero-order chi connectivity index (χ0) is 15.6. The highest BCUT2D eigenvalue weighted by Crippen LogP contribution is 2.22. The summed E-state index contributed by atoms with van der Waals surface area (Å²) in [5.74, 6) is -0.348. The van der Waals surface area contributed by atoms with Gasteiger partial charge in [-0.2, -0.15) is 0 Å². The van der Waals surface area contributed by atoms with Crippen molar-refractivity contribution in [3.05, 3.63) is 28.8 Å². The SMILES string of the molecule is CS(=O)(=O)CS(=O)(=O)Nc1cc(Cl)ccc1/C(N)=N/O. The van der Waals surface area contributed by atoms with Gasteiger partial charge >= 0.3 is 0 Å². The van der Waals surface area contributed by atoms with Crippen molar-refractivity contribution in [2.45, 2.75) is 0 Å². The lowest BCUT2D eigenvalue weighted by molar-refractivity contribution is 0.318. The van der Waals surface area contributed by atoms with E-state index in [1.165, 1.54) is 18.2 Å². The lowest BCUT2D eigenvalue weighted by atomic mass is 10.1. The first-order valence-corrected chi connectivity index (χ1v) is 9.09. The number of hydrogen-bond acceptors (Lipinski definition) is 6. The molecule has 0 aromatic heterocycles. The molecule has 0 unspecified atom stereocenters. The first-order valence-electron chi connectivity index (χ1n) is 5.00. The van der Waals surface area contributed by atoms with Crippen LogP contribution in [0.4, 0.5) is 5.69 Å². The number of halogens is 1. The molecule has 11 heteroatoms. The predicted octanol–water partition coefficient (Wildman–Crippen LogP) is 0.178. The van der Waals surface area contributed by atoms with Gasteiger partial charge in [-0.25, -0.2) is 16.8 Å². The molecule has 0 saturated carbocycles. The van der Waals surface area contributed by atoms with Crippen molar-refractivity contribution in [1.29, 1.82) is 0 Å². The molecule has 0 aliphatic rings. The largest absolute Gasteiger partial charge is 0.409 e. The number of sulfone groups is 1. The highest BCUT2D eigenvalue weighted by molar-refractivity contribution is 8.08. The summed E-state index contributed by atoms with van der Waals surface area (Å²) in [4.78, 5) is 0. The second kappa shape index (κ2) is 5.85. The molecule has 0 radical (unpaired) electrons. The van der Waals surface area contributed by atoms with Gasteiger partial charge in [0, 0.05) is 16.8 Å². The molecule has 0 heterocycles. The monoisotopic (exact) mass is 341 g/mol. The Morgan fingerprint density at radius 2 is 2.00 bits per heavy atom. The van der Waals surface area contributed by atoms with Crippen molar-refractivity contribution in [3.8, 4) is 0 Å². The number of rotatable bonds is 5. The number of sulfonamides is 1. The third-order valence-corrected chi connectivity index (χ3v) is 5.72. The molecule has 1 rings (SSSR count). The third kappa shape index (κ3) is 4.87. The molecule has 0 bridgehead atoms. The summed E-state index contributed by atoms with van der Waals surface area (Å²) >= 11 is 5.73. The van der Waals surface area contributed by atoms with E-state index in [4.69, 9.17) is 22.5 Å². The molecule has 0 saturated heterocycles. The van der Waals surface area contributed by atoms with Crippen LogP contribution in [0.15, 0.2) is 23.4 Å². The first kappa shape index (κ1) is 16.5. The number of nitrogens with one attached hydrogen (secondary N) is 1. The minimum Gasteiger partial charge on any atom is -0.409 e. The van der Waals surface area contributed by atoms with Crippen molar-refractivity contribution in [1.82, 2.24) is 0 Å². The first-order chi connectivity index (χ1) is 9.04. The zero-order valence-electron chi connectivity index (χ0n) is 10.2. The topological polar surface area (TPSA) is 139 Å². The van der Waals surface area contributed by atoms with Crippen LogP contribution in [0, 0.1) is 0 Å². The number of oxime groups is 1. The molecular formula is C9H12ClN3O5S2. The number of nitrogens with two attached hydrogens (primary N) is 1. The molecule has 0 spiro atoms. The smallest absolute Gasteiger partial charge is 0.247 e. The van der Waals surface area contributed by atoms with Gasteiger partial charge in [0.2, 0.25) is 10.0 Å². The van der Waals surface area contributed by atoms with Gasteiger partial charge in [-0.15, -0.1) is 0 Å². The maximum atomic E-state index is 11.7. The average molecular weight is 342 g/mol. The second-order valence-electron chi connectivity index (χ2n) is 3.94. The number of benzene rings is 1. The van der Waals surface area contributed by atoms with E-state index in [1.54, 1.807) is 0 Å². The molecule has 1 aromatic carbocycles. The summed E-state index contributed by atoms with van der Waals surface area (Å²) in [6, 6.07) is 3.95. The molecule has 112 valence electrons. The second-order valence-corrected chi connectivity index (χ2v) is 8.60. The maximum Gasteiger partial charge on any atom is 0.247 e. The van der Waals surface area contributed by atoms with E-state index in [-0.39, 0.29) is 22.1 Å². The molecule has 0 amide bonds. The minimum atomic E-state index is -4.16. The lowest BCUT2D eigenvalue weighted by Crippen LogP contribution is -2.24. The third-order valence-electron chi connectivity index (χ3n) is 2.00. The molecule has 1 aromatic rings. The number of amidine groups is 1. The molecule has 4 N–H and O–H groups in total.